The third-order valence-corrected chi connectivity index (χ3v) is 2.01. The highest BCUT2D eigenvalue weighted by Crippen LogP contribution is 2.39. The van der Waals surface area contributed by atoms with Crippen LogP contribution in [0.3, 0.4) is 0 Å². The molecule has 0 unspecified atom stereocenters. The van der Waals surface area contributed by atoms with Crippen LogP contribution in [-0.2, 0) is 0 Å². The molecular weight excluding hydrogens is 168 g/mol. The number of carbonyl (C=O) groups excluding carboxylic acids is 1. The number of nitrogen functional groups attached to an aromatic ring is 1. The minimum atomic E-state index is -0.559. The monoisotopic (exact) mass is 178 g/mol. The molecule has 1 fully saturated rings. The quantitative estimate of drug-likeness (QED) is 0.668. The molecular formula is C8H10N4O. The summed E-state index contributed by atoms with van der Waals surface area (Å²) in [6, 6.07) is 1.62. The highest BCUT2D eigenvalue weighted by atomic mass is 16.1. The van der Waals surface area contributed by atoms with Crippen molar-refractivity contribution in [1.29, 1.82) is 0 Å². The molecule has 0 aromatic carbocycles. The van der Waals surface area contributed by atoms with Crippen molar-refractivity contribution in [3.05, 3.63) is 17.5 Å². The smallest absolute Gasteiger partial charge is 0.267 e. The van der Waals surface area contributed by atoms with E-state index in [1.54, 1.807) is 6.07 Å². The predicted molar refractivity (Wildman–Crippen MR) is 46.9 cm³/mol. The van der Waals surface area contributed by atoms with E-state index in [4.69, 9.17) is 11.5 Å². The fourth-order valence-corrected chi connectivity index (χ4v) is 1.20. The van der Waals surface area contributed by atoms with E-state index in [0.29, 0.717) is 5.92 Å². The highest BCUT2D eigenvalue weighted by molar-refractivity contribution is 5.91. The van der Waals surface area contributed by atoms with Crippen molar-refractivity contribution in [1.82, 2.24) is 9.97 Å². The predicted octanol–water partition coefficient (Wildman–Crippen LogP) is 0.0351. The first-order valence-electron chi connectivity index (χ1n) is 4.11. The van der Waals surface area contributed by atoms with E-state index >= 15 is 0 Å². The third-order valence-electron chi connectivity index (χ3n) is 2.01. The van der Waals surface area contributed by atoms with Crippen LogP contribution >= 0.6 is 0 Å². The Morgan fingerprint density at radius 3 is 2.69 bits per heavy atom. The molecule has 1 aromatic heterocycles. The topological polar surface area (TPSA) is 94.9 Å². The number of anilines is 1. The van der Waals surface area contributed by atoms with Crippen LogP contribution in [0.25, 0.3) is 0 Å². The molecule has 0 aliphatic heterocycles. The van der Waals surface area contributed by atoms with Crippen molar-refractivity contribution in [3.63, 3.8) is 0 Å². The number of rotatable bonds is 2. The molecule has 5 heteroatoms. The molecule has 5 nitrogen and oxygen atoms in total. The Hall–Kier alpha value is -1.65. The summed E-state index contributed by atoms with van der Waals surface area (Å²) in [5, 5.41) is 0. The zero-order valence-electron chi connectivity index (χ0n) is 7.03. The van der Waals surface area contributed by atoms with Gasteiger partial charge in [-0.25, -0.2) is 9.97 Å². The van der Waals surface area contributed by atoms with Crippen LogP contribution in [0.5, 0.6) is 0 Å². The van der Waals surface area contributed by atoms with E-state index in [2.05, 4.69) is 9.97 Å². The van der Waals surface area contributed by atoms with Gasteiger partial charge in [-0.15, -0.1) is 0 Å². The van der Waals surface area contributed by atoms with Crippen LogP contribution in [0.2, 0.25) is 0 Å². The van der Waals surface area contributed by atoms with Crippen molar-refractivity contribution in [2.24, 2.45) is 5.73 Å². The maximum atomic E-state index is 10.8. The minimum Gasteiger partial charge on any atom is -0.368 e. The number of nitrogens with zero attached hydrogens (tertiary/aromatic N) is 2. The summed E-state index contributed by atoms with van der Waals surface area (Å²) in [4.78, 5) is 18.6. The Morgan fingerprint density at radius 1 is 1.46 bits per heavy atom. The van der Waals surface area contributed by atoms with Gasteiger partial charge in [0.05, 0.1) is 0 Å². The summed E-state index contributed by atoms with van der Waals surface area (Å²) in [5.41, 5.74) is 11.6. The van der Waals surface area contributed by atoms with Crippen molar-refractivity contribution in [2.75, 3.05) is 5.73 Å². The Kier molecular flexibility index (Phi) is 1.65. The van der Waals surface area contributed by atoms with E-state index in [1.165, 1.54) is 0 Å². The second kappa shape index (κ2) is 2.69. The number of amides is 1. The number of hydrogen-bond donors (Lipinski definition) is 2. The Labute approximate surface area is 75.2 Å². The molecule has 0 radical (unpaired) electrons. The van der Waals surface area contributed by atoms with Crippen LogP contribution in [0.15, 0.2) is 6.07 Å². The fraction of sp³-hybridized carbons (Fsp3) is 0.375. The first-order valence-corrected chi connectivity index (χ1v) is 4.11. The van der Waals surface area contributed by atoms with Crippen molar-refractivity contribution < 1.29 is 4.79 Å². The maximum absolute atomic E-state index is 10.8. The second-order valence-corrected chi connectivity index (χ2v) is 3.17. The molecule has 1 heterocycles. The summed E-state index contributed by atoms with van der Waals surface area (Å²) in [6.45, 7) is 0. The largest absolute Gasteiger partial charge is 0.368 e. The van der Waals surface area contributed by atoms with Gasteiger partial charge >= 0.3 is 0 Å². The molecule has 1 aliphatic carbocycles. The van der Waals surface area contributed by atoms with Gasteiger partial charge in [0.1, 0.15) is 5.69 Å². The molecule has 2 rings (SSSR count). The summed E-state index contributed by atoms with van der Waals surface area (Å²) in [7, 11) is 0. The van der Waals surface area contributed by atoms with Gasteiger partial charge in [0.2, 0.25) is 5.95 Å². The molecule has 68 valence electrons. The molecule has 0 bridgehead atoms. The van der Waals surface area contributed by atoms with Gasteiger partial charge in [0, 0.05) is 11.6 Å². The summed E-state index contributed by atoms with van der Waals surface area (Å²) >= 11 is 0. The zero-order valence-corrected chi connectivity index (χ0v) is 7.03. The average molecular weight is 178 g/mol. The van der Waals surface area contributed by atoms with Crippen LogP contribution in [0, 0.1) is 0 Å². The van der Waals surface area contributed by atoms with Crippen LogP contribution < -0.4 is 11.5 Å². The van der Waals surface area contributed by atoms with Crippen LogP contribution in [0.1, 0.15) is 34.9 Å². The molecule has 0 atom stereocenters. The lowest BCUT2D eigenvalue weighted by molar-refractivity contribution is 0.0995. The molecule has 1 aromatic rings. The van der Waals surface area contributed by atoms with Crippen molar-refractivity contribution in [3.8, 4) is 0 Å². The summed E-state index contributed by atoms with van der Waals surface area (Å²) in [5.74, 6) is 0.0117. The Bertz CT molecular complexity index is 359. The van der Waals surface area contributed by atoms with Gasteiger partial charge in [-0.2, -0.15) is 0 Å². The second-order valence-electron chi connectivity index (χ2n) is 3.17. The molecule has 0 spiro atoms. The van der Waals surface area contributed by atoms with Crippen molar-refractivity contribution in [2.45, 2.75) is 18.8 Å². The van der Waals surface area contributed by atoms with Gasteiger partial charge in [-0.3, -0.25) is 4.79 Å². The molecule has 1 saturated carbocycles. The zero-order chi connectivity index (χ0) is 9.42. The molecule has 4 N–H and O–H groups in total. The third kappa shape index (κ3) is 1.58. The number of primary amides is 1. The van der Waals surface area contributed by atoms with Gasteiger partial charge in [0.25, 0.3) is 5.91 Å². The first-order chi connectivity index (χ1) is 6.16. The van der Waals surface area contributed by atoms with Crippen LogP contribution in [-0.4, -0.2) is 15.9 Å². The summed E-state index contributed by atoms with van der Waals surface area (Å²) < 4.78 is 0. The number of hydrogen-bond acceptors (Lipinski definition) is 4. The minimum absolute atomic E-state index is 0.123. The summed E-state index contributed by atoms with van der Waals surface area (Å²) in [6.07, 6.45) is 2.21. The lowest BCUT2D eigenvalue weighted by Gasteiger charge is -2.00. The Morgan fingerprint density at radius 2 is 2.15 bits per heavy atom. The first kappa shape index (κ1) is 7.97. The van der Waals surface area contributed by atoms with E-state index in [1.807, 2.05) is 0 Å². The maximum Gasteiger partial charge on any atom is 0.267 e. The molecule has 1 amide bonds. The fourth-order valence-electron chi connectivity index (χ4n) is 1.20. The Balaban J connectivity index is 2.41. The highest BCUT2D eigenvalue weighted by Gasteiger charge is 2.26. The van der Waals surface area contributed by atoms with E-state index in [9.17, 15) is 4.79 Å². The normalized spacial score (nSPS) is 15.7. The number of carbonyl (C=O) groups is 1. The molecule has 1 aliphatic rings. The van der Waals surface area contributed by atoms with E-state index in [0.717, 1.165) is 18.5 Å². The van der Waals surface area contributed by atoms with E-state index in [-0.39, 0.29) is 11.6 Å². The van der Waals surface area contributed by atoms with Gasteiger partial charge in [-0.1, -0.05) is 0 Å². The van der Waals surface area contributed by atoms with Crippen LogP contribution in [0.4, 0.5) is 5.95 Å². The lowest BCUT2D eigenvalue weighted by atomic mass is 10.2. The van der Waals surface area contributed by atoms with E-state index < -0.39 is 5.91 Å². The number of aromatic nitrogens is 2. The standard InChI is InChI=1S/C8H10N4O/c9-7(13)6-3-5(4-1-2-4)11-8(10)12-6/h3-4H,1-2H2,(H2,9,13)(H2,10,11,12). The lowest BCUT2D eigenvalue weighted by Crippen LogP contribution is -2.15. The molecule has 13 heavy (non-hydrogen) atoms. The van der Waals surface area contributed by atoms with Gasteiger partial charge in [-0.05, 0) is 18.9 Å². The SMILES string of the molecule is NC(=O)c1cc(C2CC2)nc(N)n1. The van der Waals surface area contributed by atoms with Gasteiger partial charge < -0.3 is 11.5 Å². The van der Waals surface area contributed by atoms with Crippen molar-refractivity contribution >= 4 is 11.9 Å². The molecule has 0 saturated heterocycles. The van der Waals surface area contributed by atoms with Gasteiger partial charge in [0.15, 0.2) is 0 Å². The average Bonchev–Trinajstić information content (AvgIpc) is 2.85. The number of nitrogens with two attached hydrogens (primary N) is 2.